The van der Waals surface area contributed by atoms with E-state index in [-0.39, 0.29) is 28.1 Å². The second kappa shape index (κ2) is 8.29. The Morgan fingerprint density at radius 2 is 2.38 bits per heavy atom. The Hall–Kier alpha value is -2.63. The molecule has 1 unspecified atom stereocenters. The van der Waals surface area contributed by atoms with Gasteiger partial charge in [0.25, 0.3) is 11.6 Å². The molecule has 24 heavy (non-hydrogen) atoms. The Kier molecular flexibility index (Phi) is 6.12. The van der Waals surface area contributed by atoms with E-state index in [0.29, 0.717) is 13.2 Å². The number of benzene rings is 1. The summed E-state index contributed by atoms with van der Waals surface area (Å²) < 4.78 is 5.38. The molecular formula is C15H15ClN4O4. The number of carbonyl (C=O) groups excluding carboxylic acids is 1. The number of hydrogen-bond donors (Lipinski definition) is 2. The first-order valence-corrected chi connectivity index (χ1v) is 7.59. The lowest BCUT2D eigenvalue weighted by Crippen LogP contribution is -2.32. The molecule has 1 saturated heterocycles. The number of ether oxygens (including phenoxy) is 1. The molecule has 2 rings (SSSR count). The molecule has 0 radical (unpaired) electrons. The van der Waals surface area contributed by atoms with Crippen LogP contribution >= 0.6 is 11.6 Å². The van der Waals surface area contributed by atoms with Crippen LogP contribution < -0.4 is 10.6 Å². The number of nitrogens with one attached hydrogen (secondary N) is 2. The quantitative estimate of drug-likeness (QED) is 0.352. The lowest BCUT2D eigenvalue weighted by atomic mass is 10.2. The average molecular weight is 351 g/mol. The van der Waals surface area contributed by atoms with Crippen LogP contribution in [0.25, 0.3) is 0 Å². The van der Waals surface area contributed by atoms with Gasteiger partial charge in [0.05, 0.1) is 21.7 Å². The van der Waals surface area contributed by atoms with Gasteiger partial charge >= 0.3 is 0 Å². The Labute approximate surface area is 143 Å². The smallest absolute Gasteiger partial charge is 0.271 e. The molecule has 126 valence electrons. The summed E-state index contributed by atoms with van der Waals surface area (Å²) in [6.07, 6.45) is 2.95. The molecule has 0 aliphatic carbocycles. The molecule has 1 aliphatic heterocycles. The van der Waals surface area contributed by atoms with Crippen LogP contribution in [0, 0.1) is 21.4 Å². The molecule has 1 fully saturated rings. The number of hydrogen-bond acceptors (Lipinski definition) is 6. The molecular weight excluding hydrogens is 336 g/mol. The Bertz CT molecular complexity index is 708. The number of nitro benzene ring substituents is 1. The highest BCUT2D eigenvalue weighted by molar-refractivity contribution is 6.33. The van der Waals surface area contributed by atoms with Gasteiger partial charge in [-0.25, -0.2) is 0 Å². The zero-order valence-electron chi connectivity index (χ0n) is 12.6. The van der Waals surface area contributed by atoms with Crippen molar-refractivity contribution in [2.24, 2.45) is 0 Å². The van der Waals surface area contributed by atoms with Gasteiger partial charge in [-0.2, -0.15) is 5.26 Å². The van der Waals surface area contributed by atoms with Crippen LogP contribution in [0.4, 0.5) is 11.4 Å². The van der Waals surface area contributed by atoms with Crippen molar-refractivity contribution in [3.63, 3.8) is 0 Å². The van der Waals surface area contributed by atoms with Gasteiger partial charge in [-0.05, 0) is 18.9 Å². The minimum atomic E-state index is -0.565. The monoisotopic (exact) mass is 350 g/mol. The third kappa shape index (κ3) is 4.68. The summed E-state index contributed by atoms with van der Waals surface area (Å²) >= 11 is 5.94. The molecule has 0 saturated carbocycles. The van der Waals surface area contributed by atoms with E-state index in [1.54, 1.807) is 6.07 Å². The summed E-state index contributed by atoms with van der Waals surface area (Å²) in [7, 11) is 0. The van der Waals surface area contributed by atoms with E-state index in [1.807, 2.05) is 0 Å². The summed E-state index contributed by atoms with van der Waals surface area (Å²) in [4.78, 5) is 22.2. The molecule has 9 heteroatoms. The van der Waals surface area contributed by atoms with Crippen LogP contribution in [0.3, 0.4) is 0 Å². The van der Waals surface area contributed by atoms with Crippen LogP contribution in [0.5, 0.6) is 0 Å². The minimum Gasteiger partial charge on any atom is -0.376 e. The maximum absolute atomic E-state index is 12.0. The number of nitrogens with zero attached hydrogens (tertiary/aromatic N) is 2. The fraction of sp³-hybridized carbons (Fsp3) is 0.333. The second-order valence-electron chi connectivity index (χ2n) is 5.08. The summed E-state index contributed by atoms with van der Waals surface area (Å²) in [6, 6.07) is 5.61. The first-order chi connectivity index (χ1) is 11.5. The molecule has 0 bridgehead atoms. The molecule has 1 amide bonds. The van der Waals surface area contributed by atoms with Crippen molar-refractivity contribution in [3.05, 3.63) is 45.1 Å². The topological polar surface area (TPSA) is 117 Å². The van der Waals surface area contributed by atoms with E-state index >= 15 is 0 Å². The van der Waals surface area contributed by atoms with Crippen LogP contribution in [0.2, 0.25) is 5.02 Å². The number of carbonyl (C=O) groups is 1. The third-order valence-corrected chi connectivity index (χ3v) is 3.74. The first-order valence-electron chi connectivity index (χ1n) is 7.22. The van der Waals surface area contributed by atoms with Gasteiger partial charge in [-0.15, -0.1) is 0 Å². The molecule has 1 aromatic carbocycles. The van der Waals surface area contributed by atoms with E-state index in [4.69, 9.17) is 21.6 Å². The molecule has 1 aliphatic rings. The van der Waals surface area contributed by atoms with Crippen molar-refractivity contribution in [3.8, 4) is 6.07 Å². The zero-order chi connectivity index (χ0) is 17.5. The largest absolute Gasteiger partial charge is 0.376 e. The summed E-state index contributed by atoms with van der Waals surface area (Å²) in [6.45, 7) is 1.00. The SMILES string of the molecule is N#C/C(=C/Nc1cc([N+](=O)[O-])ccc1Cl)C(=O)NCC1CCCO1. The summed E-state index contributed by atoms with van der Waals surface area (Å²) in [5.41, 5.74) is -0.0993. The van der Waals surface area contributed by atoms with Crippen molar-refractivity contribution in [2.45, 2.75) is 18.9 Å². The Morgan fingerprint density at radius 1 is 1.58 bits per heavy atom. The van der Waals surface area contributed by atoms with Crippen molar-refractivity contribution < 1.29 is 14.5 Å². The predicted molar refractivity (Wildman–Crippen MR) is 87.4 cm³/mol. The Morgan fingerprint density at radius 3 is 3.00 bits per heavy atom. The van der Waals surface area contributed by atoms with Crippen molar-refractivity contribution in [1.29, 1.82) is 5.26 Å². The van der Waals surface area contributed by atoms with Crippen LogP contribution in [-0.2, 0) is 9.53 Å². The number of rotatable bonds is 6. The van der Waals surface area contributed by atoms with Gasteiger partial charge in [0, 0.05) is 31.5 Å². The Balaban J connectivity index is 2.02. The number of nitriles is 1. The number of amides is 1. The fourth-order valence-electron chi connectivity index (χ4n) is 2.14. The number of non-ortho nitro benzene ring substituents is 1. The average Bonchev–Trinajstić information content (AvgIpc) is 3.08. The second-order valence-corrected chi connectivity index (χ2v) is 5.49. The van der Waals surface area contributed by atoms with Crippen molar-refractivity contribution in [1.82, 2.24) is 5.32 Å². The summed E-state index contributed by atoms with van der Waals surface area (Å²) in [5.74, 6) is -0.554. The number of nitro groups is 1. The van der Waals surface area contributed by atoms with E-state index < -0.39 is 10.8 Å². The third-order valence-electron chi connectivity index (χ3n) is 3.41. The standard InChI is InChI=1S/C15H15ClN4O4/c16-13-4-3-11(20(22)23)6-14(13)18-8-10(7-17)15(21)19-9-12-2-1-5-24-12/h3-4,6,8,12,18H,1-2,5,9H2,(H,19,21)/b10-8-. The van der Waals surface area contributed by atoms with Gasteiger partial charge < -0.3 is 15.4 Å². The van der Waals surface area contributed by atoms with Gasteiger partial charge in [-0.3, -0.25) is 14.9 Å². The highest BCUT2D eigenvalue weighted by atomic mass is 35.5. The van der Waals surface area contributed by atoms with E-state index in [1.165, 1.54) is 18.2 Å². The molecule has 1 aromatic rings. The number of anilines is 1. The highest BCUT2D eigenvalue weighted by Crippen LogP contribution is 2.26. The van der Waals surface area contributed by atoms with E-state index in [9.17, 15) is 14.9 Å². The maximum Gasteiger partial charge on any atom is 0.271 e. The van der Waals surface area contributed by atoms with Gasteiger partial charge in [0.15, 0.2) is 0 Å². The lowest BCUT2D eigenvalue weighted by molar-refractivity contribution is -0.384. The molecule has 8 nitrogen and oxygen atoms in total. The van der Waals surface area contributed by atoms with Crippen LogP contribution in [0.1, 0.15) is 12.8 Å². The van der Waals surface area contributed by atoms with Crippen LogP contribution in [0.15, 0.2) is 30.0 Å². The van der Waals surface area contributed by atoms with Gasteiger partial charge in [0.2, 0.25) is 0 Å². The first kappa shape index (κ1) is 17.7. The molecule has 0 spiro atoms. The highest BCUT2D eigenvalue weighted by Gasteiger charge is 2.17. The zero-order valence-corrected chi connectivity index (χ0v) is 13.4. The van der Waals surface area contributed by atoms with E-state index in [0.717, 1.165) is 19.0 Å². The predicted octanol–water partition coefficient (Wildman–Crippen LogP) is 2.36. The summed E-state index contributed by atoms with van der Waals surface area (Å²) in [5, 5.41) is 25.4. The maximum atomic E-state index is 12.0. The molecule has 2 N–H and O–H groups in total. The number of halogens is 1. The van der Waals surface area contributed by atoms with E-state index in [2.05, 4.69) is 10.6 Å². The fourth-order valence-corrected chi connectivity index (χ4v) is 2.32. The molecule has 0 aromatic heterocycles. The van der Waals surface area contributed by atoms with Gasteiger partial charge in [0.1, 0.15) is 11.6 Å². The van der Waals surface area contributed by atoms with Gasteiger partial charge in [-0.1, -0.05) is 11.6 Å². The van der Waals surface area contributed by atoms with Crippen LogP contribution in [-0.4, -0.2) is 30.1 Å². The normalized spacial score (nSPS) is 17.2. The lowest BCUT2D eigenvalue weighted by Gasteiger charge is -2.10. The molecule has 1 atom stereocenters. The van der Waals surface area contributed by atoms with Crippen molar-refractivity contribution in [2.75, 3.05) is 18.5 Å². The van der Waals surface area contributed by atoms with Crippen molar-refractivity contribution >= 4 is 28.9 Å². The minimum absolute atomic E-state index is 0.0342. The molecule has 1 heterocycles.